The van der Waals surface area contributed by atoms with Crippen molar-refractivity contribution in [1.82, 2.24) is 24.9 Å². The Bertz CT molecular complexity index is 1550. The minimum atomic E-state index is -0.853. The zero-order valence-corrected chi connectivity index (χ0v) is 23.6. The Morgan fingerprint density at radius 2 is 1.82 bits per heavy atom. The normalized spacial score (nSPS) is 12.1. The van der Waals surface area contributed by atoms with Crippen LogP contribution >= 0.6 is 0 Å². The predicted octanol–water partition coefficient (Wildman–Crippen LogP) is 4.68. The number of nitrogens with zero attached hydrogens (tertiary/aromatic N) is 4. The Hall–Kier alpha value is -4.47. The monoisotopic (exact) mass is 544 g/mol. The summed E-state index contributed by atoms with van der Waals surface area (Å²) < 4.78 is 3.64. The van der Waals surface area contributed by atoms with E-state index in [4.69, 9.17) is 5.11 Å². The molecule has 4 rings (SSSR count). The van der Waals surface area contributed by atoms with Gasteiger partial charge in [0.2, 0.25) is 5.91 Å². The lowest BCUT2D eigenvalue weighted by Crippen LogP contribution is -2.24. The van der Waals surface area contributed by atoms with Crippen LogP contribution in [0.15, 0.2) is 48.8 Å². The Balaban J connectivity index is 1.62. The molecule has 0 saturated heterocycles. The van der Waals surface area contributed by atoms with Crippen LogP contribution in [0.2, 0.25) is 0 Å². The number of aryl methyl sites for hydroxylation is 2. The molecule has 2 heterocycles. The maximum absolute atomic E-state index is 13.6. The molecule has 2 aromatic carbocycles. The number of carboxylic acids is 1. The number of aromatic nitrogens is 4. The molecule has 2 aromatic heterocycles. The third-order valence-corrected chi connectivity index (χ3v) is 7.08. The lowest BCUT2D eigenvalue weighted by molar-refractivity contribution is -0.137. The molecule has 0 spiro atoms. The second-order valence-corrected chi connectivity index (χ2v) is 10.4. The first-order valence-corrected chi connectivity index (χ1v) is 13.4. The van der Waals surface area contributed by atoms with E-state index in [1.165, 1.54) is 0 Å². The fourth-order valence-electron chi connectivity index (χ4n) is 4.72. The van der Waals surface area contributed by atoms with E-state index >= 15 is 0 Å². The number of carbonyl (C=O) groups is 3. The van der Waals surface area contributed by atoms with Gasteiger partial charge in [-0.2, -0.15) is 0 Å². The number of nitrogens with one attached hydrogen (secondary N) is 2. The van der Waals surface area contributed by atoms with Crippen LogP contribution in [0.1, 0.15) is 78.3 Å². The van der Waals surface area contributed by atoms with Gasteiger partial charge in [-0.3, -0.25) is 14.4 Å². The second-order valence-electron chi connectivity index (χ2n) is 10.4. The summed E-state index contributed by atoms with van der Waals surface area (Å²) in [5, 5.41) is 24.2. The van der Waals surface area contributed by atoms with Crippen LogP contribution in [-0.2, 0) is 22.6 Å². The summed E-state index contributed by atoms with van der Waals surface area (Å²) in [5.41, 5.74) is 5.66. The summed E-state index contributed by atoms with van der Waals surface area (Å²) in [6, 6.07) is 10.7. The van der Waals surface area contributed by atoms with Gasteiger partial charge in [-0.25, -0.2) is 4.68 Å². The summed E-state index contributed by atoms with van der Waals surface area (Å²) >= 11 is 0. The molecule has 1 atom stereocenters. The molecular formula is C30H36N6O4. The molecule has 210 valence electrons. The summed E-state index contributed by atoms with van der Waals surface area (Å²) in [6.07, 6.45) is 4.85. The Labute approximate surface area is 233 Å². The summed E-state index contributed by atoms with van der Waals surface area (Å²) in [7, 11) is 1.58. The van der Waals surface area contributed by atoms with E-state index in [1.54, 1.807) is 23.9 Å². The molecule has 0 fully saturated rings. The van der Waals surface area contributed by atoms with Gasteiger partial charge in [0.15, 0.2) is 0 Å². The minimum absolute atomic E-state index is 0.0464. The first-order valence-electron chi connectivity index (χ1n) is 13.4. The molecule has 0 aliphatic rings. The van der Waals surface area contributed by atoms with Crippen molar-refractivity contribution in [2.24, 2.45) is 0 Å². The number of amides is 2. The van der Waals surface area contributed by atoms with Crippen LogP contribution in [0, 0.1) is 6.92 Å². The average molecular weight is 545 g/mol. The fraction of sp³-hybridized carbons (Fsp3) is 0.367. The van der Waals surface area contributed by atoms with Crippen molar-refractivity contribution < 1.29 is 19.5 Å². The van der Waals surface area contributed by atoms with Gasteiger partial charge in [-0.05, 0) is 67.5 Å². The lowest BCUT2D eigenvalue weighted by Gasteiger charge is -2.18. The van der Waals surface area contributed by atoms with Crippen molar-refractivity contribution in [3.8, 4) is 0 Å². The van der Waals surface area contributed by atoms with Gasteiger partial charge in [0.05, 0.1) is 12.2 Å². The third-order valence-electron chi connectivity index (χ3n) is 7.08. The highest BCUT2D eigenvalue weighted by atomic mass is 16.4. The van der Waals surface area contributed by atoms with Crippen LogP contribution in [0.3, 0.4) is 0 Å². The number of hydrogen-bond donors (Lipinski definition) is 3. The molecule has 0 bridgehead atoms. The van der Waals surface area contributed by atoms with E-state index in [0.29, 0.717) is 30.6 Å². The molecule has 10 nitrogen and oxygen atoms in total. The zero-order chi connectivity index (χ0) is 29.0. The van der Waals surface area contributed by atoms with Gasteiger partial charge in [0.25, 0.3) is 5.91 Å². The van der Waals surface area contributed by atoms with E-state index in [2.05, 4.69) is 34.8 Å². The van der Waals surface area contributed by atoms with Crippen molar-refractivity contribution in [3.05, 3.63) is 76.7 Å². The molecule has 0 aliphatic heterocycles. The lowest BCUT2D eigenvalue weighted by atomic mass is 10.0. The van der Waals surface area contributed by atoms with Gasteiger partial charge in [-0.15, -0.1) is 5.10 Å². The molecular weight excluding hydrogens is 508 g/mol. The number of anilines is 1. The van der Waals surface area contributed by atoms with Crippen molar-refractivity contribution in [3.63, 3.8) is 0 Å². The van der Waals surface area contributed by atoms with Gasteiger partial charge < -0.3 is 20.3 Å². The van der Waals surface area contributed by atoms with Crippen LogP contribution in [0.4, 0.5) is 5.69 Å². The number of aliphatic carboxylic acids is 1. The first-order chi connectivity index (χ1) is 19.1. The number of hydrogen-bond acceptors (Lipinski definition) is 5. The average Bonchev–Trinajstić information content (AvgIpc) is 3.53. The molecule has 10 heteroatoms. The number of rotatable bonds is 11. The fourth-order valence-corrected chi connectivity index (χ4v) is 4.72. The smallest absolute Gasteiger partial charge is 0.303 e. The number of benzene rings is 2. The first kappa shape index (κ1) is 28.5. The minimum Gasteiger partial charge on any atom is -0.481 e. The summed E-state index contributed by atoms with van der Waals surface area (Å²) in [4.78, 5) is 36.9. The van der Waals surface area contributed by atoms with Gasteiger partial charge in [0, 0.05) is 48.0 Å². The van der Waals surface area contributed by atoms with E-state index in [9.17, 15) is 14.4 Å². The maximum Gasteiger partial charge on any atom is 0.303 e. The predicted molar refractivity (Wildman–Crippen MR) is 154 cm³/mol. The second kappa shape index (κ2) is 12.1. The number of fused-ring (bicyclic) bond motifs is 1. The van der Waals surface area contributed by atoms with E-state index in [1.807, 2.05) is 55.1 Å². The number of carboxylic acid groups (broad SMARTS) is 1. The van der Waals surface area contributed by atoms with Crippen molar-refractivity contribution in [2.75, 3.05) is 12.4 Å². The molecule has 0 saturated carbocycles. The third kappa shape index (κ3) is 6.39. The van der Waals surface area contributed by atoms with Crippen molar-refractivity contribution >= 4 is 34.4 Å². The topological polar surface area (TPSA) is 131 Å². The Kier molecular flexibility index (Phi) is 8.67. The quantitative estimate of drug-likeness (QED) is 0.251. The highest BCUT2D eigenvalue weighted by Gasteiger charge is 2.20. The molecule has 0 aliphatic carbocycles. The van der Waals surface area contributed by atoms with E-state index in [-0.39, 0.29) is 24.2 Å². The largest absolute Gasteiger partial charge is 0.481 e. The van der Waals surface area contributed by atoms with E-state index in [0.717, 1.165) is 33.3 Å². The van der Waals surface area contributed by atoms with Gasteiger partial charge >= 0.3 is 5.97 Å². The summed E-state index contributed by atoms with van der Waals surface area (Å²) in [5.74, 6) is -1.00. The molecule has 0 unspecified atom stereocenters. The summed E-state index contributed by atoms with van der Waals surface area (Å²) in [6.45, 7) is 8.39. The zero-order valence-electron chi connectivity index (χ0n) is 23.6. The van der Waals surface area contributed by atoms with Gasteiger partial charge in [0.1, 0.15) is 6.04 Å². The highest BCUT2D eigenvalue weighted by Crippen LogP contribution is 2.28. The van der Waals surface area contributed by atoms with Crippen LogP contribution < -0.4 is 10.6 Å². The van der Waals surface area contributed by atoms with Crippen LogP contribution in [0.25, 0.3) is 10.9 Å². The van der Waals surface area contributed by atoms with E-state index < -0.39 is 12.0 Å². The van der Waals surface area contributed by atoms with Crippen LogP contribution in [-0.4, -0.2) is 49.5 Å². The molecule has 0 radical (unpaired) electrons. The Morgan fingerprint density at radius 3 is 2.50 bits per heavy atom. The molecule has 4 aromatic rings. The number of carbonyl (C=O) groups excluding carboxylic acids is 2. The molecule has 3 N–H and O–H groups in total. The van der Waals surface area contributed by atoms with Crippen molar-refractivity contribution in [2.45, 2.75) is 65.5 Å². The Morgan fingerprint density at radius 1 is 1.05 bits per heavy atom. The molecule has 2 amide bonds. The highest BCUT2D eigenvalue weighted by molar-refractivity contribution is 6.00. The maximum atomic E-state index is 13.6. The molecule has 40 heavy (non-hydrogen) atoms. The SMILES string of the molecule is CNC(=O)c1ccc2c(C)cn([C@@H](C)C(=O)Nc3cc(Cn4cc(C(C)C)nn4)ccc3CCCC(=O)O)c2c1. The van der Waals surface area contributed by atoms with Crippen LogP contribution in [0.5, 0.6) is 0 Å². The van der Waals surface area contributed by atoms with Gasteiger partial charge in [-0.1, -0.05) is 37.3 Å². The van der Waals surface area contributed by atoms with Crippen molar-refractivity contribution in [1.29, 1.82) is 0 Å². The standard InChI is InChI=1S/C30H36N6O4/c1-18(2)26-17-35(34-33-26)16-21-9-10-22(7-6-8-28(37)38)25(13-21)32-29(39)20(4)36-15-19(3)24-12-11-23(14-27(24)36)30(40)31-5/h9-15,17-18,20H,6-8,16H2,1-5H3,(H,31,40)(H,32,39)(H,37,38)/t20-/m0/s1.